The van der Waals surface area contributed by atoms with Crippen molar-refractivity contribution in [3.05, 3.63) is 60.9 Å². The van der Waals surface area contributed by atoms with Crippen molar-refractivity contribution in [2.24, 2.45) is 0 Å². The summed E-state index contributed by atoms with van der Waals surface area (Å²) in [6.45, 7) is 2.27. The molecule has 0 bridgehead atoms. The van der Waals surface area contributed by atoms with Crippen LogP contribution < -0.4 is 20.3 Å². The second-order valence-corrected chi connectivity index (χ2v) is 7.70. The Bertz CT molecular complexity index is 926. The first-order chi connectivity index (χ1) is 13.8. The average molecular weight is 393 g/mol. The molecule has 1 saturated heterocycles. The van der Waals surface area contributed by atoms with Crippen molar-refractivity contribution >= 4 is 40.6 Å². The second kappa shape index (κ2) is 8.95. The fourth-order valence-corrected chi connectivity index (χ4v) is 3.87. The molecule has 0 amide bonds. The summed E-state index contributed by atoms with van der Waals surface area (Å²) in [5.41, 5.74) is 3.27. The number of benzene rings is 2. The first-order valence-corrected chi connectivity index (χ1v) is 10.3. The lowest BCUT2D eigenvalue weighted by molar-refractivity contribution is 0.949. The third-order valence-corrected chi connectivity index (χ3v) is 5.28. The van der Waals surface area contributed by atoms with Crippen LogP contribution in [0.25, 0.3) is 0 Å². The summed E-state index contributed by atoms with van der Waals surface area (Å²) in [6, 6.07) is 18.6. The third kappa shape index (κ3) is 4.74. The van der Waals surface area contributed by atoms with Crippen molar-refractivity contribution in [3.8, 4) is 0 Å². The van der Waals surface area contributed by atoms with Crippen molar-refractivity contribution in [1.82, 2.24) is 14.7 Å². The molecule has 0 atom stereocenters. The molecule has 1 fully saturated rings. The van der Waals surface area contributed by atoms with Gasteiger partial charge in [0.05, 0.1) is 0 Å². The molecule has 0 saturated carbocycles. The van der Waals surface area contributed by atoms with Gasteiger partial charge in [-0.25, -0.2) is 9.97 Å². The maximum Gasteiger partial charge on any atom is 0.135 e. The minimum absolute atomic E-state index is 0.750. The second-order valence-electron chi connectivity index (χ2n) is 6.62. The molecule has 0 unspecified atom stereocenters. The SMILES string of the molecule is CNSc1cccc(Nc2cc(Nc3cccc(N4CCCC4)c3)ncn2)c1. The van der Waals surface area contributed by atoms with Gasteiger partial charge in [-0.05, 0) is 68.2 Å². The van der Waals surface area contributed by atoms with Crippen molar-refractivity contribution < 1.29 is 0 Å². The molecule has 7 heteroatoms. The van der Waals surface area contributed by atoms with E-state index in [0.29, 0.717) is 0 Å². The Labute approximate surface area is 169 Å². The van der Waals surface area contributed by atoms with Crippen molar-refractivity contribution in [2.75, 3.05) is 35.7 Å². The molecule has 1 aliphatic rings. The zero-order valence-corrected chi connectivity index (χ0v) is 16.7. The van der Waals surface area contributed by atoms with E-state index in [-0.39, 0.29) is 0 Å². The van der Waals surface area contributed by atoms with Crippen LogP contribution in [0.1, 0.15) is 12.8 Å². The van der Waals surface area contributed by atoms with Crippen LogP contribution in [0, 0.1) is 0 Å². The Morgan fingerprint density at radius 2 is 1.54 bits per heavy atom. The van der Waals surface area contributed by atoms with Gasteiger partial charge in [-0.1, -0.05) is 12.1 Å². The summed E-state index contributed by atoms with van der Waals surface area (Å²) in [5.74, 6) is 1.51. The summed E-state index contributed by atoms with van der Waals surface area (Å²) in [6.07, 6.45) is 4.11. The molecule has 6 nitrogen and oxygen atoms in total. The zero-order valence-electron chi connectivity index (χ0n) is 15.9. The monoisotopic (exact) mass is 392 g/mol. The highest BCUT2D eigenvalue weighted by Crippen LogP contribution is 2.26. The number of hydrogen-bond acceptors (Lipinski definition) is 7. The van der Waals surface area contributed by atoms with E-state index in [2.05, 4.69) is 66.6 Å². The Morgan fingerprint density at radius 1 is 0.857 bits per heavy atom. The largest absolute Gasteiger partial charge is 0.371 e. The normalized spacial score (nSPS) is 13.5. The summed E-state index contributed by atoms with van der Waals surface area (Å²) >= 11 is 1.58. The lowest BCUT2D eigenvalue weighted by Gasteiger charge is -2.18. The molecule has 4 rings (SSSR count). The number of nitrogens with one attached hydrogen (secondary N) is 3. The van der Waals surface area contributed by atoms with Crippen LogP contribution >= 0.6 is 11.9 Å². The Hall–Kier alpha value is -2.77. The van der Waals surface area contributed by atoms with E-state index in [1.54, 1.807) is 18.3 Å². The van der Waals surface area contributed by atoms with Gasteiger partial charge in [0.25, 0.3) is 0 Å². The van der Waals surface area contributed by atoms with E-state index in [1.165, 1.54) is 18.5 Å². The molecule has 3 aromatic rings. The van der Waals surface area contributed by atoms with Gasteiger partial charge in [-0.2, -0.15) is 0 Å². The average Bonchev–Trinajstić information content (AvgIpc) is 3.24. The van der Waals surface area contributed by atoms with Crippen LogP contribution in [0.3, 0.4) is 0 Å². The fraction of sp³-hybridized carbons (Fsp3) is 0.238. The maximum absolute atomic E-state index is 4.36. The van der Waals surface area contributed by atoms with Crippen LogP contribution in [0.4, 0.5) is 28.7 Å². The number of hydrogen-bond donors (Lipinski definition) is 3. The molecule has 2 heterocycles. The summed E-state index contributed by atoms with van der Waals surface area (Å²) in [4.78, 5) is 12.3. The molecule has 144 valence electrons. The third-order valence-electron chi connectivity index (χ3n) is 4.58. The van der Waals surface area contributed by atoms with Gasteiger partial charge in [-0.3, -0.25) is 4.72 Å². The maximum atomic E-state index is 4.36. The number of rotatable bonds is 7. The molecule has 0 radical (unpaired) electrons. The van der Waals surface area contributed by atoms with Gasteiger partial charge in [0.2, 0.25) is 0 Å². The summed E-state index contributed by atoms with van der Waals surface area (Å²) in [7, 11) is 1.91. The van der Waals surface area contributed by atoms with Gasteiger partial charge < -0.3 is 15.5 Å². The number of anilines is 5. The quantitative estimate of drug-likeness (QED) is 0.500. The highest BCUT2D eigenvalue weighted by atomic mass is 32.2. The van der Waals surface area contributed by atoms with Gasteiger partial charge in [-0.15, -0.1) is 0 Å². The van der Waals surface area contributed by atoms with Crippen LogP contribution in [-0.4, -0.2) is 30.1 Å². The zero-order chi connectivity index (χ0) is 19.2. The van der Waals surface area contributed by atoms with E-state index in [9.17, 15) is 0 Å². The van der Waals surface area contributed by atoms with Crippen LogP contribution in [0.15, 0.2) is 65.8 Å². The molecule has 1 aromatic heterocycles. The Morgan fingerprint density at radius 3 is 2.25 bits per heavy atom. The predicted octanol–water partition coefficient (Wildman–Crippen LogP) is 4.79. The predicted molar refractivity (Wildman–Crippen MR) is 118 cm³/mol. The van der Waals surface area contributed by atoms with E-state index in [1.807, 2.05) is 25.2 Å². The Kier molecular flexibility index (Phi) is 5.94. The topological polar surface area (TPSA) is 65.1 Å². The molecule has 3 N–H and O–H groups in total. The first-order valence-electron chi connectivity index (χ1n) is 9.45. The van der Waals surface area contributed by atoms with Crippen LogP contribution in [0.2, 0.25) is 0 Å². The first kappa shape index (κ1) is 18.6. The lowest BCUT2D eigenvalue weighted by atomic mass is 10.2. The van der Waals surface area contributed by atoms with Crippen molar-refractivity contribution in [2.45, 2.75) is 17.7 Å². The van der Waals surface area contributed by atoms with Gasteiger partial charge >= 0.3 is 0 Å². The van der Waals surface area contributed by atoms with E-state index in [4.69, 9.17) is 0 Å². The standard InChI is InChI=1S/C21H24N6S/c1-22-28-19-9-5-7-17(13-19)26-21-14-20(23-15-24-21)25-16-6-4-8-18(12-16)27-10-2-3-11-27/h4-9,12-15,22H,2-3,10-11H2,1H3,(H2,23,24,25,26). The highest BCUT2D eigenvalue weighted by molar-refractivity contribution is 7.97. The summed E-state index contributed by atoms with van der Waals surface area (Å²) < 4.78 is 3.09. The molecule has 0 spiro atoms. The lowest BCUT2D eigenvalue weighted by Crippen LogP contribution is -2.17. The van der Waals surface area contributed by atoms with Crippen LogP contribution in [0.5, 0.6) is 0 Å². The number of nitrogens with zero attached hydrogens (tertiary/aromatic N) is 3. The van der Waals surface area contributed by atoms with Gasteiger partial charge in [0.15, 0.2) is 0 Å². The molecular weight excluding hydrogens is 368 g/mol. The van der Waals surface area contributed by atoms with Crippen molar-refractivity contribution in [3.63, 3.8) is 0 Å². The van der Waals surface area contributed by atoms with Gasteiger partial charge in [0, 0.05) is 41.1 Å². The molecule has 28 heavy (non-hydrogen) atoms. The van der Waals surface area contributed by atoms with E-state index >= 15 is 0 Å². The molecule has 1 aliphatic heterocycles. The molecular formula is C21H24N6S. The van der Waals surface area contributed by atoms with E-state index in [0.717, 1.165) is 41.0 Å². The molecule has 0 aliphatic carbocycles. The van der Waals surface area contributed by atoms with Crippen LogP contribution in [-0.2, 0) is 0 Å². The fourth-order valence-electron chi connectivity index (χ4n) is 3.30. The van der Waals surface area contributed by atoms with E-state index < -0.39 is 0 Å². The minimum Gasteiger partial charge on any atom is -0.371 e. The summed E-state index contributed by atoms with van der Waals surface area (Å²) in [5, 5.41) is 6.74. The van der Waals surface area contributed by atoms with Gasteiger partial charge in [0.1, 0.15) is 18.0 Å². The smallest absolute Gasteiger partial charge is 0.135 e. The molecule has 2 aromatic carbocycles. The number of aromatic nitrogens is 2. The highest BCUT2D eigenvalue weighted by Gasteiger charge is 2.12. The Balaban J connectivity index is 1.47. The minimum atomic E-state index is 0.750. The van der Waals surface area contributed by atoms with Crippen molar-refractivity contribution in [1.29, 1.82) is 0 Å².